The molecule has 0 atom stereocenters. The Morgan fingerprint density at radius 3 is 2.65 bits per heavy atom. The maximum Gasteiger partial charge on any atom is 0.163 e. The van der Waals surface area contributed by atoms with E-state index in [4.69, 9.17) is 22.1 Å². The molecule has 0 aromatic heterocycles. The van der Waals surface area contributed by atoms with E-state index in [2.05, 4.69) is 0 Å². The Hall–Kier alpha value is -1.06. The molecule has 0 bridgehead atoms. The van der Waals surface area contributed by atoms with Crippen molar-refractivity contribution in [3.8, 4) is 5.75 Å². The summed E-state index contributed by atoms with van der Waals surface area (Å²) in [6, 6.07) is 5.20. The average Bonchev–Trinajstić information content (AvgIpc) is 2.48. The number of hydrogen-bond acceptors (Lipinski definition) is 3. The van der Waals surface area contributed by atoms with Crippen molar-refractivity contribution in [2.75, 3.05) is 13.7 Å². The Bertz CT molecular complexity index is 481. The van der Waals surface area contributed by atoms with Gasteiger partial charge in [-0.15, -0.1) is 0 Å². The Morgan fingerprint density at radius 1 is 1.35 bits per heavy atom. The Morgan fingerprint density at radius 2 is 2.05 bits per heavy atom. The number of ketones is 1. The third-order valence-corrected chi connectivity index (χ3v) is 4.67. The molecule has 3 nitrogen and oxygen atoms in total. The molecule has 0 aliphatic heterocycles. The lowest BCUT2D eigenvalue weighted by Crippen LogP contribution is -2.35. The van der Waals surface area contributed by atoms with Crippen molar-refractivity contribution >= 4 is 17.4 Å². The van der Waals surface area contributed by atoms with Gasteiger partial charge in [-0.2, -0.15) is 0 Å². The first-order valence-corrected chi connectivity index (χ1v) is 7.55. The van der Waals surface area contributed by atoms with E-state index in [1.54, 1.807) is 25.3 Å². The Balaban J connectivity index is 2.14. The molecule has 0 unspecified atom stereocenters. The number of benzene rings is 1. The number of ether oxygens (including phenoxy) is 1. The standard InChI is InChI=1S/C16H22ClNO2/c1-20-15-9-12(5-6-13(15)17)14(19)10-16(11-18)7-3-2-4-8-16/h5-6,9H,2-4,7-8,10-11,18H2,1H3. The fraction of sp³-hybridized carbons (Fsp3) is 0.562. The summed E-state index contributed by atoms with van der Waals surface area (Å²) in [5, 5.41) is 0.523. The first-order valence-electron chi connectivity index (χ1n) is 7.17. The van der Waals surface area contributed by atoms with Crippen LogP contribution in [-0.4, -0.2) is 19.4 Å². The number of carbonyl (C=O) groups excluding carboxylic acids is 1. The molecule has 20 heavy (non-hydrogen) atoms. The van der Waals surface area contributed by atoms with E-state index < -0.39 is 0 Å². The SMILES string of the molecule is COc1cc(C(=O)CC2(CN)CCCCC2)ccc1Cl. The predicted octanol–water partition coefficient (Wildman–Crippen LogP) is 3.83. The highest BCUT2D eigenvalue weighted by Gasteiger charge is 2.33. The van der Waals surface area contributed by atoms with Crippen molar-refractivity contribution in [3.05, 3.63) is 28.8 Å². The zero-order chi connectivity index (χ0) is 14.6. The van der Waals surface area contributed by atoms with Gasteiger partial charge in [0.1, 0.15) is 5.75 Å². The lowest BCUT2D eigenvalue weighted by molar-refractivity contribution is 0.0867. The van der Waals surface area contributed by atoms with Gasteiger partial charge < -0.3 is 10.5 Å². The normalized spacial score (nSPS) is 17.8. The molecule has 1 aliphatic rings. The quantitative estimate of drug-likeness (QED) is 0.840. The third-order valence-electron chi connectivity index (χ3n) is 4.36. The van der Waals surface area contributed by atoms with Crippen LogP contribution >= 0.6 is 11.6 Å². The van der Waals surface area contributed by atoms with Gasteiger partial charge in [0.15, 0.2) is 5.78 Å². The highest BCUT2D eigenvalue weighted by molar-refractivity contribution is 6.32. The van der Waals surface area contributed by atoms with Crippen molar-refractivity contribution in [1.29, 1.82) is 0 Å². The zero-order valence-corrected chi connectivity index (χ0v) is 12.7. The summed E-state index contributed by atoms with van der Waals surface area (Å²) < 4.78 is 5.17. The summed E-state index contributed by atoms with van der Waals surface area (Å²) >= 11 is 5.99. The molecular weight excluding hydrogens is 274 g/mol. The van der Waals surface area contributed by atoms with Crippen LogP contribution in [0.15, 0.2) is 18.2 Å². The van der Waals surface area contributed by atoms with Crippen LogP contribution in [0.5, 0.6) is 5.75 Å². The number of halogens is 1. The largest absolute Gasteiger partial charge is 0.495 e. The number of Topliss-reactive ketones (excluding diaryl/α,β-unsaturated/α-hetero) is 1. The molecule has 1 fully saturated rings. The molecule has 1 aromatic carbocycles. The fourth-order valence-corrected chi connectivity index (χ4v) is 3.23. The van der Waals surface area contributed by atoms with Gasteiger partial charge in [0, 0.05) is 12.0 Å². The second-order valence-corrected chi connectivity index (χ2v) is 6.12. The molecule has 4 heteroatoms. The van der Waals surface area contributed by atoms with Gasteiger partial charge >= 0.3 is 0 Å². The predicted molar refractivity (Wildman–Crippen MR) is 81.5 cm³/mol. The second-order valence-electron chi connectivity index (χ2n) is 5.71. The van der Waals surface area contributed by atoms with Crippen LogP contribution in [0, 0.1) is 5.41 Å². The molecule has 0 amide bonds. The summed E-state index contributed by atoms with van der Waals surface area (Å²) in [7, 11) is 1.55. The monoisotopic (exact) mass is 295 g/mol. The lowest BCUT2D eigenvalue weighted by Gasteiger charge is -2.35. The molecule has 110 valence electrons. The number of carbonyl (C=O) groups is 1. The topological polar surface area (TPSA) is 52.3 Å². The molecule has 1 aromatic rings. The number of nitrogens with two attached hydrogens (primary N) is 1. The van der Waals surface area contributed by atoms with Crippen LogP contribution in [0.2, 0.25) is 5.02 Å². The minimum absolute atomic E-state index is 0.0117. The van der Waals surface area contributed by atoms with Gasteiger partial charge in [0.05, 0.1) is 12.1 Å². The third kappa shape index (κ3) is 3.33. The van der Waals surface area contributed by atoms with Gasteiger partial charge in [-0.3, -0.25) is 4.79 Å². The van der Waals surface area contributed by atoms with E-state index in [0.717, 1.165) is 12.8 Å². The number of hydrogen-bond donors (Lipinski definition) is 1. The Labute approximate surface area is 125 Å². The molecule has 2 N–H and O–H groups in total. The van der Waals surface area contributed by atoms with Crippen molar-refractivity contribution in [2.24, 2.45) is 11.1 Å². The number of methoxy groups -OCH3 is 1. The van der Waals surface area contributed by atoms with E-state index in [-0.39, 0.29) is 11.2 Å². The van der Waals surface area contributed by atoms with Crippen LogP contribution in [0.4, 0.5) is 0 Å². The maximum atomic E-state index is 12.5. The molecule has 0 heterocycles. The molecule has 0 spiro atoms. The van der Waals surface area contributed by atoms with Crippen molar-refractivity contribution in [2.45, 2.75) is 38.5 Å². The van der Waals surface area contributed by atoms with E-state index in [0.29, 0.717) is 29.3 Å². The van der Waals surface area contributed by atoms with Gasteiger partial charge in [0.2, 0.25) is 0 Å². The van der Waals surface area contributed by atoms with Crippen LogP contribution < -0.4 is 10.5 Å². The molecule has 0 saturated heterocycles. The van der Waals surface area contributed by atoms with Gasteiger partial charge in [-0.25, -0.2) is 0 Å². The van der Waals surface area contributed by atoms with Crippen molar-refractivity contribution in [3.63, 3.8) is 0 Å². The average molecular weight is 296 g/mol. The van der Waals surface area contributed by atoms with E-state index in [9.17, 15) is 4.79 Å². The van der Waals surface area contributed by atoms with E-state index in [1.807, 2.05) is 0 Å². The highest BCUT2D eigenvalue weighted by Crippen LogP contribution is 2.39. The lowest BCUT2D eigenvalue weighted by atomic mass is 9.70. The van der Waals surface area contributed by atoms with Crippen LogP contribution in [-0.2, 0) is 0 Å². The van der Waals surface area contributed by atoms with Gasteiger partial charge in [0.25, 0.3) is 0 Å². The smallest absolute Gasteiger partial charge is 0.163 e. The van der Waals surface area contributed by atoms with Crippen molar-refractivity contribution < 1.29 is 9.53 Å². The van der Waals surface area contributed by atoms with Crippen LogP contribution in [0.25, 0.3) is 0 Å². The molecule has 1 aliphatic carbocycles. The highest BCUT2D eigenvalue weighted by atomic mass is 35.5. The molecule has 0 radical (unpaired) electrons. The number of rotatable bonds is 5. The van der Waals surface area contributed by atoms with Crippen LogP contribution in [0.3, 0.4) is 0 Å². The Kier molecular flexibility index (Phi) is 5.06. The summed E-state index contributed by atoms with van der Waals surface area (Å²) in [6.07, 6.45) is 6.24. The van der Waals surface area contributed by atoms with E-state index >= 15 is 0 Å². The van der Waals surface area contributed by atoms with E-state index in [1.165, 1.54) is 19.3 Å². The molecule has 2 rings (SSSR count). The molecular formula is C16H22ClNO2. The van der Waals surface area contributed by atoms with Gasteiger partial charge in [-0.1, -0.05) is 30.9 Å². The first-order chi connectivity index (χ1) is 9.60. The summed E-state index contributed by atoms with van der Waals surface area (Å²) in [4.78, 5) is 12.5. The summed E-state index contributed by atoms with van der Waals surface area (Å²) in [5.41, 5.74) is 6.59. The zero-order valence-electron chi connectivity index (χ0n) is 12.0. The maximum absolute atomic E-state index is 12.5. The second kappa shape index (κ2) is 6.59. The summed E-state index contributed by atoms with van der Waals surface area (Å²) in [6.45, 7) is 0.587. The molecule has 1 saturated carbocycles. The van der Waals surface area contributed by atoms with Crippen molar-refractivity contribution in [1.82, 2.24) is 0 Å². The van der Waals surface area contributed by atoms with Gasteiger partial charge in [-0.05, 0) is 43.0 Å². The fourth-order valence-electron chi connectivity index (χ4n) is 3.03. The van der Waals surface area contributed by atoms with Crippen LogP contribution in [0.1, 0.15) is 48.9 Å². The first kappa shape index (κ1) is 15.3. The minimum atomic E-state index is -0.0117. The summed E-state index contributed by atoms with van der Waals surface area (Å²) in [5.74, 6) is 0.676. The minimum Gasteiger partial charge on any atom is -0.495 e.